The molecule has 0 spiro atoms. The average Bonchev–Trinajstić information content (AvgIpc) is 3.44. The van der Waals surface area contributed by atoms with Crippen LogP contribution in [0, 0.1) is 5.82 Å². The summed E-state index contributed by atoms with van der Waals surface area (Å²) in [5, 5.41) is 6.71. The van der Waals surface area contributed by atoms with E-state index in [0.29, 0.717) is 11.6 Å². The number of ether oxygens (including phenoxy) is 1. The molecular weight excluding hydrogens is 449 g/mol. The van der Waals surface area contributed by atoms with E-state index in [9.17, 15) is 9.18 Å². The lowest BCUT2D eigenvalue weighted by Crippen LogP contribution is -2.17. The van der Waals surface area contributed by atoms with Gasteiger partial charge in [-0.05, 0) is 18.2 Å². The van der Waals surface area contributed by atoms with Crippen LogP contribution in [0.15, 0.2) is 67.3 Å². The molecular formula is C25H22FN7O2. The summed E-state index contributed by atoms with van der Waals surface area (Å²) in [6.07, 6.45) is 6.78. The minimum Gasteiger partial charge on any atom is -0.494 e. The fourth-order valence-corrected chi connectivity index (χ4v) is 3.92. The van der Waals surface area contributed by atoms with E-state index in [1.807, 2.05) is 48.1 Å². The molecule has 176 valence electrons. The lowest BCUT2D eigenvalue weighted by Gasteiger charge is -2.14. The number of halogens is 1. The molecule has 3 heterocycles. The quantitative estimate of drug-likeness (QED) is 0.378. The fraction of sp³-hybridized carbons (Fsp3) is 0.120. The highest BCUT2D eigenvalue weighted by Gasteiger charge is 2.17. The lowest BCUT2D eigenvalue weighted by molar-refractivity contribution is 0.101. The molecule has 2 aromatic carbocycles. The Labute approximate surface area is 200 Å². The first kappa shape index (κ1) is 22.1. The van der Waals surface area contributed by atoms with E-state index in [4.69, 9.17) is 4.74 Å². The van der Waals surface area contributed by atoms with Gasteiger partial charge in [0, 0.05) is 61.4 Å². The Morgan fingerprint density at radius 2 is 1.86 bits per heavy atom. The molecule has 2 N–H and O–H groups in total. The number of carbonyl (C=O) groups excluding carboxylic acids is 1. The number of nitrogens with zero attached hydrogens (tertiary/aromatic N) is 5. The highest BCUT2D eigenvalue weighted by Crippen LogP contribution is 2.34. The molecule has 0 radical (unpaired) electrons. The molecule has 0 aliphatic rings. The number of methoxy groups -OCH3 is 1. The normalized spacial score (nSPS) is 11.0. The Balaban J connectivity index is 1.47. The van der Waals surface area contributed by atoms with Crippen molar-refractivity contribution in [3.63, 3.8) is 0 Å². The van der Waals surface area contributed by atoms with Gasteiger partial charge in [0.15, 0.2) is 11.6 Å². The second-order valence-electron chi connectivity index (χ2n) is 7.91. The topological polar surface area (TPSA) is 98.9 Å². The molecule has 0 saturated carbocycles. The number of carbonyl (C=O) groups is 1. The van der Waals surface area contributed by atoms with E-state index in [-0.39, 0.29) is 17.3 Å². The molecule has 0 aliphatic heterocycles. The Morgan fingerprint density at radius 3 is 2.63 bits per heavy atom. The molecule has 0 saturated heterocycles. The van der Waals surface area contributed by atoms with Crippen molar-refractivity contribution in [3.8, 4) is 17.0 Å². The molecule has 0 fully saturated rings. The number of hydrogen-bond acceptors (Lipinski definition) is 6. The minimum atomic E-state index is -0.652. The predicted octanol–water partition coefficient (Wildman–Crippen LogP) is 4.51. The molecule has 35 heavy (non-hydrogen) atoms. The maximum absolute atomic E-state index is 14.7. The molecule has 10 heteroatoms. The number of anilines is 3. The molecule has 0 unspecified atom stereocenters. The van der Waals surface area contributed by atoms with Gasteiger partial charge in [-0.3, -0.25) is 4.79 Å². The standard InChI is InChI=1S/C25H22FN7O2/c1-32-11-10-27-23(32)24(34)29-19-13-20(22(35-3)12-17(19)26)31-25-28-9-8-18(30-25)16-14-33(2)21-7-5-4-6-15(16)21/h4-14H,1-3H3,(H,29,34)(H,28,30,31). The first-order chi connectivity index (χ1) is 16.9. The van der Waals surface area contributed by atoms with Crippen LogP contribution in [0.1, 0.15) is 10.6 Å². The van der Waals surface area contributed by atoms with Crippen LogP contribution < -0.4 is 15.4 Å². The molecule has 9 nitrogen and oxygen atoms in total. The molecule has 1 amide bonds. The minimum absolute atomic E-state index is 0.0356. The number of para-hydroxylation sites is 1. The van der Waals surface area contributed by atoms with Crippen LogP contribution in [0.25, 0.3) is 22.2 Å². The number of fused-ring (bicyclic) bond motifs is 1. The van der Waals surface area contributed by atoms with Gasteiger partial charge in [-0.2, -0.15) is 0 Å². The van der Waals surface area contributed by atoms with Gasteiger partial charge in [0.05, 0.1) is 24.2 Å². The molecule has 3 aromatic heterocycles. The Morgan fingerprint density at radius 1 is 1.03 bits per heavy atom. The van der Waals surface area contributed by atoms with Crippen LogP contribution in [0.2, 0.25) is 0 Å². The predicted molar refractivity (Wildman–Crippen MR) is 131 cm³/mol. The Kier molecular flexibility index (Phi) is 5.61. The Bertz CT molecular complexity index is 1560. The third kappa shape index (κ3) is 4.17. The van der Waals surface area contributed by atoms with E-state index in [2.05, 4.69) is 25.6 Å². The zero-order valence-electron chi connectivity index (χ0n) is 19.3. The number of imidazole rings is 1. The largest absolute Gasteiger partial charge is 0.494 e. The van der Waals surface area contributed by atoms with Crippen LogP contribution in [0.5, 0.6) is 5.75 Å². The van der Waals surface area contributed by atoms with Crippen molar-refractivity contribution in [2.24, 2.45) is 14.1 Å². The van der Waals surface area contributed by atoms with Gasteiger partial charge >= 0.3 is 0 Å². The van der Waals surface area contributed by atoms with Crippen molar-refractivity contribution < 1.29 is 13.9 Å². The fourth-order valence-electron chi connectivity index (χ4n) is 3.92. The summed E-state index contributed by atoms with van der Waals surface area (Å²) in [4.78, 5) is 25.5. The van der Waals surface area contributed by atoms with Crippen molar-refractivity contribution in [1.29, 1.82) is 0 Å². The molecule has 0 bridgehead atoms. The van der Waals surface area contributed by atoms with Gasteiger partial charge in [-0.1, -0.05) is 18.2 Å². The number of aryl methyl sites for hydroxylation is 2. The molecule has 5 aromatic rings. The van der Waals surface area contributed by atoms with Gasteiger partial charge in [-0.15, -0.1) is 0 Å². The second-order valence-corrected chi connectivity index (χ2v) is 7.91. The van der Waals surface area contributed by atoms with Crippen molar-refractivity contribution in [3.05, 3.63) is 78.9 Å². The van der Waals surface area contributed by atoms with Crippen LogP contribution in [0.4, 0.5) is 21.7 Å². The first-order valence-corrected chi connectivity index (χ1v) is 10.8. The van der Waals surface area contributed by atoms with E-state index >= 15 is 0 Å². The van der Waals surface area contributed by atoms with Crippen molar-refractivity contribution in [1.82, 2.24) is 24.1 Å². The van der Waals surface area contributed by atoms with Gasteiger partial charge in [-0.25, -0.2) is 19.3 Å². The smallest absolute Gasteiger partial charge is 0.291 e. The lowest BCUT2D eigenvalue weighted by atomic mass is 10.1. The van der Waals surface area contributed by atoms with Crippen molar-refractivity contribution in [2.75, 3.05) is 17.7 Å². The van der Waals surface area contributed by atoms with Gasteiger partial charge in [0.1, 0.15) is 5.75 Å². The number of aromatic nitrogens is 5. The molecule has 0 atom stereocenters. The maximum Gasteiger partial charge on any atom is 0.291 e. The zero-order valence-corrected chi connectivity index (χ0v) is 19.3. The number of nitrogens with one attached hydrogen (secondary N) is 2. The van der Waals surface area contributed by atoms with Crippen LogP contribution >= 0.6 is 0 Å². The average molecular weight is 471 g/mol. The zero-order chi connectivity index (χ0) is 24.5. The number of rotatable bonds is 6. The van der Waals surface area contributed by atoms with Crippen molar-refractivity contribution >= 4 is 34.1 Å². The monoisotopic (exact) mass is 471 g/mol. The first-order valence-electron chi connectivity index (χ1n) is 10.8. The number of amides is 1. The van der Waals surface area contributed by atoms with Gasteiger partial charge < -0.3 is 24.5 Å². The van der Waals surface area contributed by atoms with E-state index < -0.39 is 11.7 Å². The van der Waals surface area contributed by atoms with E-state index in [0.717, 1.165) is 22.2 Å². The van der Waals surface area contributed by atoms with Crippen LogP contribution in [-0.2, 0) is 14.1 Å². The summed E-state index contributed by atoms with van der Waals surface area (Å²) in [7, 11) is 5.09. The van der Waals surface area contributed by atoms with Gasteiger partial charge in [0.2, 0.25) is 5.95 Å². The summed E-state index contributed by atoms with van der Waals surface area (Å²) in [6, 6.07) is 12.5. The van der Waals surface area contributed by atoms with Crippen LogP contribution in [-0.4, -0.2) is 37.1 Å². The highest BCUT2D eigenvalue weighted by atomic mass is 19.1. The van der Waals surface area contributed by atoms with E-state index in [1.54, 1.807) is 24.0 Å². The number of benzene rings is 2. The van der Waals surface area contributed by atoms with Gasteiger partial charge in [0.25, 0.3) is 5.91 Å². The Hall–Kier alpha value is -4.73. The highest BCUT2D eigenvalue weighted by molar-refractivity contribution is 6.02. The summed E-state index contributed by atoms with van der Waals surface area (Å²) in [5.74, 6) is -0.513. The van der Waals surface area contributed by atoms with Crippen molar-refractivity contribution in [2.45, 2.75) is 0 Å². The number of hydrogen-bond donors (Lipinski definition) is 2. The maximum atomic E-state index is 14.7. The molecule has 0 aliphatic carbocycles. The summed E-state index contributed by atoms with van der Waals surface area (Å²) >= 11 is 0. The summed E-state index contributed by atoms with van der Waals surface area (Å²) < 4.78 is 23.6. The SMILES string of the molecule is COc1cc(F)c(NC(=O)c2nccn2C)cc1Nc1nccc(-c2cn(C)c3ccccc23)n1. The summed E-state index contributed by atoms with van der Waals surface area (Å²) in [5.41, 5.74) is 3.13. The summed E-state index contributed by atoms with van der Waals surface area (Å²) in [6.45, 7) is 0. The van der Waals surface area contributed by atoms with Crippen LogP contribution in [0.3, 0.4) is 0 Å². The third-order valence-corrected chi connectivity index (χ3v) is 5.64. The van der Waals surface area contributed by atoms with E-state index in [1.165, 1.54) is 25.4 Å². The molecule has 5 rings (SSSR count). The second kappa shape index (κ2) is 8.90. The third-order valence-electron chi connectivity index (χ3n) is 5.64.